The highest BCUT2D eigenvalue weighted by molar-refractivity contribution is 5.58. The molecule has 0 aliphatic rings. The number of hydrogen-bond acceptors (Lipinski definition) is 2. The summed E-state index contributed by atoms with van der Waals surface area (Å²) in [5.41, 5.74) is 3.50. The second-order valence-electron chi connectivity index (χ2n) is 5.44. The van der Waals surface area contributed by atoms with E-state index in [0.29, 0.717) is 6.54 Å². The van der Waals surface area contributed by atoms with Crippen molar-refractivity contribution in [2.45, 2.75) is 32.7 Å². The van der Waals surface area contributed by atoms with Gasteiger partial charge in [-0.05, 0) is 11.0 Å². The molecule has 0 amide bonds. The van der Waals surface area contributed by atoms with Gasteiger partial charge in [-0.15, -0.1) is 11.7 Å². The van der Waals surface area contributed by atoms with Gasteiger partial charge in [0.15, 0.2) is 0 Å². The maximum absolute atomic E-state index is 4.16. The summed E-state index contributed by atoms with van der Waals surface area (Å²) in [6, 6.07) is 8.51. The van der Waals surface area contributed by atoms with Gasteiger partial charge < -0.3 is 0 Å². The molecule has 0 saturated carbocycles. The predicted molar refractivity (Wildman–Crippen MR) is 74.4 cm³/mol. The minimum Gasteiger partial charge on any atom is -0.248 e. The van der Waals surface area contributed by atoms with Gasteiger partial charge in [0, 0.05) is 5.56 Å². The van der Waals surface area contributed by atoms with Crippen LogP contribution in [0.2, 0.25) is 0 Å². The minimum atomic E-state index is 0.180. The zero-order valence-electron chi connectivity index (χ0n) is 11.2. The van der Waals surface area contributed by atoms with Crippen LogP contribution in [0.3, 0.4) is 0 Å². The van der Waals surface area contributed by atoms with Crippen molar-refractivity contribution in [3.63, 3.8) is 0 Å². The molecular weight excluding hydrogens is 222 g/mol. The fourth-order valence-corrected chi connectivity index (χ4v) is 1.79. The van der Waals surface area contributed by atoms with Crippen molar-refractivity contribution < 1.29 is 0 Å². The molecule has 1 aromatic heterocycles. The lowest BCUT2D eigenvalue weighted by Gasteiger charge is -2.18. The van der Waals surface area contributed by atoms with Crippen molar-refractivity contribution in [3.05, 3.63) is 48.7 Å². The summed E-state index contributed by atoms with van der Waals surface area (Å²) in [6.07, 6.45) is 3.74. The summed E-state index contributed by atoms with van der Waals surface area (Å²) in [5, 5.41) is 8.21. The third kappa shape index (κ3) is 2.67. The molecule has 0 N–H and O–H groups in total. The molecule has 0 unspecified atom stereocenters. The summed E-state index contributed by atoms with van der Waals surface area (Å²) < 4.78 is 1.78. The molecule has 0 radical (unpaired) electrons. The monoisotopic (exact) mass is 241 g/mol. The Kier molecular flexibility index (Phi) is 3.32. The van der Waals surface area contributed by atoms with E-state index >= 15 is 0 Å². The summed E-state index contributed by atoms with van der Waals surface area (Å²) in [5.74, 6) is 0. The Labute approximate surface area is 108 Å². The Morgan fingerprint density at radius 3 is 2.44 bits per heavy atom. The van der Waals surface area contributed by atoms with E-state index in [-0.39, 0.29) is 5.41 Å². The van der Waals surface area contributed by atoms with Crippen LogP contribution in [0, 0.1) is 0 Å². The lowest BCUT2D eigenvalue weighted by molar-refractivity contribution is 0.590. The Morgan fingerprint density at radius 1 is 1.22 bits per heavy atom. The van der Waals surface area contributed by atoms with Gasteiger partial charge in [-0.1, -0.05) is 56.3 Å². The molecule has 0 bridgehead atoms. The van der Waals surface area contributed by atoms with Crippen LogP contribution in [0.1, 0.15) is 26.3 Å². The first-order valence-electron chi connectivity index (χ1n) is 6.12. The Bertz CT molecular complexity index is 530. The number of aromatic nitrogens is 3. The Balaban J connectivity index is 2.25. The van der Waals surface area contributed by atoms with Crippen molar-refractivity contribution in [1.82, 2.24) is 15.0 Å². The lowest BCUT2D eigenvalue weighted by atomic mass is 9.86. The van der Waals surface area contributed by atoms with Gasteiger partial charge in [0.05, 0.1) is 12.7 Å². The number of allylic oxidation sites excluding steroid dienone is 1. The number of hydrogen-bond donors (Lipinski definition) is 0. The maximum atomic E-state index is 4.16. The SMILES string of the molecule is C=CCn1cc(-c2ccc(C(C)(C)C)cc2)nn1. The minimum absolute atomic E-state index is 0.180. The van der Waals surface area contributed by atoms with Crippen LogP contribution in [-0.2, 0) is 12.0 Å². The van der Waals surface area contributed by atoms with E-state index in [9.17, 15) is 0 Å². The third-order valence-corrected chi connectivity index (χ3v) is 2.90. The first kappa shape index (κ1) is 12.6. The number of benzene rings is 1. The summed E-state index contributed by atoms with van der Waals surface area (Å²) in [6.45, 7) is 11.0. The molecule has 0 atom stereocenters. The van der Waals surface area contributed by atoms with E-state index in [2.05, 4.69) is 61.9 Å². The quantitative estimate of drug-likeness (QED) is 0.771. The van der Waals surface area contributed by atoms with Gasteiger partial charge in [0.2, 0.25) is 0 Å². The van der Waals surface area contributed by atoms with E-state index in [1.165, 1.54) is 5.56 Å². The van der Waals surface area contributed by atoms with E-state index in [1.807, 2.05) is 6.20 Å². The first-order chi connectivity index (χ1) is 8.50. The molecule has 0 aliphatic heterocycles. The molecule has 0 fully saturated rings. The topological polar surface area (TPSA) is 30.7 Å². The average Bonchev–Trinajstić information content (AvgIpc) is 2.77. The second kappa shape index (κ2) is 4.77. The molecule has 0 saturated heterocycles. The summed E-state index contributed by atoms with van der Waals surface area (Å²) >= 11 is 0. The smallest absolute Gasteiger partial charge is 0.113 e. The van der Waals surface area contributed by atoms with Gasteiger partial charge in [0.1, 0.15) is 5.69 Å². The van der Waals surface area contributed by atoms with Gasteiger partial charge in [-0.25, -0.2) is 4.68 Å². The Morgan fingerprint density at radius 2 is 1.89 bits per heavy atom. The van der Waals surface area contributed by atoms with Crippen LogP contribution in [0.5, 0.6) is 0 Å². The molecule has 0 aliphatic carbocycles. The maximum Gasteiger partial charge on any atom is 0.113 e. The highest BCUT2D eigenvalue weighted by Crippen LogP contribution is 2.25. The van der Waals surface area contributed by atoms with Crippen molar-refractivity contribution in [2.75, 3.05) is 0 Å². The number of nitrogens with zero attached hydrogens (tertiary/aromatic N) is 3. The lowest BCUT2D eigenvalue weighted by Crippen LogP contribution is -2.10. The predicted octanol–water partition coefficient (Wildman–Crippen LogP) is 3.43. The molecule has 0 spiro atoms. The van der Waals surface area contributed by atoms with Crippen LogP contribution in [0.25, 0.3) is 11.3 Å². The highest BCUT2D eigenvalue weighted by atomic mass is 15.4. The molecule has 1 heterocycles. The zero-order chi connectivity index (χ0) is 13.2. The molecule has 2 aromatic rings. The normalized spacial score (nSPS) is 11.5. The largest absolute Gasteiger partial charge is 0.248 e. The number of rotatable bonds is 3. The molecule has 94 valence electrons. The van der Waals surface area contributed by atoms with Gasteiger partial charge in [0.25, 0.3) is 0 Å². The zero-order valence-corrected chi connectivity index (χ0v) is 11.2. The Hall–Kier alpha value is -1.90. The van der Waals surface area contributed by atoms with E-state index in [1.54, 1.807) is 10.8 Å². The molecule has 3 heteroatoms. The van der Waals surface area contributed by atoms with Gasteiger partial charge >= 0.3 is 0 Å². The highest BCUT2D eigenvalue weighted by Gasteiger charge is 2.13. The second-order valence-corrected chi connectivity index (χ2v) is 5.44. The molecule has 2 rings (SSSR count). The van der Waals surface area contributed by atoms with E-state index < -0.39 is 0 Å². The summed E-state index contributed by atoms with van der Waals surface area (Å²) in [7, 11) is 0. The van der Waals surface area contributed by atoms with Crippen molar-refractivity contribution >= 4 is 0 Å². The fraction of sp³-hybridized carbons (Fsp3) is 0.333. The van der Waals surface area contributed by atoms with Crippen LogP contribution in [0.15, 0.2) is 43.1 Å². The van der Waals surface area contributed by atoms with Crippen molar-refractivity contribution in [2.24, 2.45) is 0 Å². The third-order valence-electron chi connectivity index (χ3n) is 2.90. The van der Waals surface area contributed by atoms with Crippen molar-refractivity contribution in [3.8, 4) is 11.3 Å². The fourth-order valence-electron chi connectivity index (χ4n) is 1.79. The van der Waals surface area contributed by atoms with Crippen LogP contribution >= 0.6 is 0 Å². The van der Waals surface area contributed by atoms with Crippen LogP contribution in [0.4, 0.5) is 0 Å². The molecule has 1 aromatic carbocycles. The van der Waals surface area contributed by atoms with Crippen LogP contribution in [-0.4, -0.2) is 15.0 Å². The van der Waals surface area contributed by atoms with E-state index in [4.69, 9.17) is 0 Å². The van der Waals surface area contributed by atoms with Crippen LogP contribution < -0.4 is 0 Å². The molecule has 3 nitrogen and oxygen atoms in total. The van der Waals surface area contributed by atoms with Crippen molar-refractivity contribution in [1.29, 1.82) is 0 Å². The molecular formula is C15H19N3. The van der Waals surface area contributed by atoms with Gasteiger partial charge in [-0.2, -0.15) is 0 Å². The average molecular weight is 241 g/mol. The summed E-state index contributed by atoms with van der Waals surface area (Å²) in [4.78, 5) is 0. The standard InChI is InChI=1S/C15H19N3/c1-5-10-18-11-14(16-17-18)12-6-8-13(9-7-12)15(2,3)4/h5-9,11H,1,10H2,2-4H3. The molecule has 18 heavy (non-hydrogen) atoms. The van der Waals surface area contributed by atoms with Gasteiger partial charge in [-0.3, -0.25) is 0 Å². The van der Waals surface area contributed by atoms with E-state index in [0.717, 1.165) is 11.3 Å². The first-order valence-corrected chi connectivity index (χ1v) is 6.12.